The van der Waals surface area contributed by atoms with Crippen LogP contribution in [0.3, 0.4) is 0 Å². The first-order valence-corrected chi connectivity index (χ1v) is 7.71. The molecule has 1 fully saturated rings. The summed E-state index contributed by atoms with van der Waals surface area (Å²) >= 11 is 1.79. The number of carbonyl (C=O) groups is 1. The lowest BCUT2D eigenvalue weighted by atomic mass is 10.1. The van der Waals surface area contributed by atoms with E-state index in [0.717, 1.165) is 18.1 Å². The van der Waals surface area contributed by atoms with Gasteiger partial charge in [0, 0.05) is 13.1 Å². The molecule has 0 spiro atoms. The van der Waals surface area contributed by atoms with Crippen LogP contribution in [0.2, 0.25) is 0 Å². The zero-order chi connectivity index (χ0) is 13.7. The molecule has 6 nitrogen and oxygen atoms in total. The van der Waals surface area contributed by atoms with E-state index in [4.69, 9.17) is 4.52 Å². The highest BCUT2D eigenvalue weighted by molar-refractivity contribution is 7.98. The summed E-state index contributed by atoms with van der Waals surface area (Å²) in [6.45, 7) is 5.82. The van der Waals surface area contributed by atoms with E-state index in [9.17, 15) is 4.79 Å². The second kappa shape index (κ2) is 6.91. The predicted molar refractivity (Wildman–Crippen MR) is 73.8 cm³/mol. The molecule has 1 aliphatic rings. The number of rotatable bonds is 6. The average molecular weight is 284 g/mol. The SMILES string of the molecule is CC(C)CSCc1noc(CC2NCCNC2=O)n1. The average Bonchev–Trinajstić information content (AvgIpc) is 2.79. The number of thioether (sulfide) groups is 1. The van der Waals surface area contributed by atoms with Gasteiger partial charge in [-0.2, -0.15) is 16.7 Å². The summed E-state index contributed by atoms with van der Waals surface area (Å²) in [6.07, 6.45) is 0.452. The third-order valence-corrected chi connectivity index (χ3v) is 4.07. The van der Waals surface area contributed by atoms with Crippen molar-refractivity contribution in [1.82, 2.24) is 20.8 Å². The minimum Gasteiger partial charge on any atom is -0.353 e. The molecule has 19 heavy (non-hydrogen) atoms. The maximum absolute atomic E-state index is 11.6. The highest BCUT2D eigenvalue weighted by Crippen LogP contribution is 2.13. The molecule has 2 heterocycles. The Kier molecular flexibility index (Phi) is 5.21. The van der Waals surface area contributed by atoms with Crippen LogP contribution in [0.5, 0.6) is 0 Å². The molecule has 0 aliphatic carbocycles. The van der Waals surface area contributed by atoms with Gasteiger partial charge < -0.3 is 15.2 Å². The Morgan fingerprint density at radius 2 is 2.32 bits per heavy atom. The summed E-state index contributed by atoms with van der Waals surface area (Å²) in [4.78, 5) is 15.9. The maximum atomic E-state index is 11.6. The van der Waals surface area contributed by atoms with Crippen molar-refractivity contribution in [2.24, 2.45) is 5.92 Å². The third-order valence-electron chi connectivity index (χ3n) is 2.70. The summed E-state index contributed by atoms with van der Waals surface area (Å²) in [5, 5.41) is 9.89. The van der Waals surface area contributed by atoms with Gasteiger partial charge in [0.1, 0.15) is 0 Å². The van der Waals surface area contributed by atoms with Crippen molar-refractivity contribution >= 4 is 17.7 Å². The van der Waals surface area contributed by atoms with Gasteiger partial charge in [-0.15, -0.1) is 0 Å². The number of nitrogens with one attached hydrogen (secondary N) is 2. The van der Waals surface area contributed by atoms with Gasteiger partial charge in [0.15, 0.2) is 5.82 Å². The van der Waals surface area contributed by atoms with Gasteiger partial charge in [-0.1, -0.05) is 19.0 Å². The molecular weight excluding hydrogens is 264 g/mol. The van der Waals surface area contributed by atoms with Gasteiger partial charge >= 0.3 is 0 Å². The lowest BCUT2D eigenvalue weighted by Crippen LogP contribution is -2.53. The smallest absolute Gasteiger partial charge is 0.237 e. The first kappa shape index (κ1) is 14.3. The molecule has 1 aromatic heterocycles. The molecular formula is C12H20N4O2S. The molecule has 0 bridgehead atoms. The molecule has 1 atom stereocenters. The second-order valence-electron chi connectivity index (χ2n) is 5.02. The van der Waals surface area contributed by atoms with Crippen LogP contribution in [-0.4, -0.2) is 40.9 Å². The van der Waals surface area contributed by atoms with Crippen LogP contribution in [0, 0.1) is 5.92 Å². The molecule has 7 heteroatoms. The number of amides is 1. The number of hydrogen-bond donors (Lipinski definition) is 2. The van der Waals surface area contributed by atoms with Gasteiger partial charge in [0.2, 0.25) is 11.8 Å². The van der Waals surface area contributed by atoms with Crippen LogP contribution < -0.4 is 10.6 Å². The summed E-state index contributed by atoms with van der Waals surface area (Å²) in [5.41, 5.74) is 0. The molecule has 0 saturated carbocycles. The Hall–Kier alpha value is -1.08. The van der Waals surface area contributed by atoms with Gasteiger partial charge in [0.25, 0.3) is 0 Å². The Balaban J connectivity index is 1.81. The fourth-order valence-corrected chi connectivity index (χ4v) is 2.69. The van der Waals surface area contributed by atoms with Crippen molar-refractivity contribution < 1.29 is 9.32 Å². The molecule has 0 radical (unpaired) electrons. The minimum atomic E-state index is -0.259. The van der Waals surface area contributed by atoms with Gasteiger partial charge in [-0.05, 0) is 11.7 Å². The molecule has 1 aromatic rings. The van der Waals surface area contributed by atoms with E-state index in [1.165, 1.54) is 0 Å². The Bertz CT molecular complexity index is 422. The summed E-state index contributed by atoms with van der Waals surface area (Å²) < 4.78 is 5.18. The molecule has 1 unspecified atom stereocenters. The van der Waals surface area contributed by atoms with Crippen LogP contribution >= 0.6 is 11.8 Å². The van der Waals surface area contributed by atoms with E-state index in [2.05, 4.69) is 34.6 Å². The molecule has 1 saturated heterocycles. The fraction of sp³-hybridized carbons (Fsp3) is 0.750. The van der Waals surface area contributed by atoms with Crippen LogP contribution in [0.25, 0.3) is 0 Å². The number of aromatic nitrogens is 2. The number of nitrogens with zero attached hydrogens (tertiary/aromatic N) is 2. The van der Waals surface area contributed by atoms with Gasteiger partial charge in [0.05, 0.1) is 18.2 Å². The molecule has 1 aliphatic heterocycles. The lowest BCUT2D eigenvalue weighted by molar-refractivity contribution is -0.124. The third kappa shape index (κ3) is 4.50. The van der Waals surface area contributed by atoms with Crippen molar-refractivity contribution in [3.8, 4) is 0 Å². The van der Waals surface area contributed by atoms with Crippen molar-refractivity contribution in [3.05, 3.63) is 11.7 Å². The molecule has 2 rings (SSSR count). The van der Waals surface area contributed by atoms with Crippen molar-refractivity contribution in [2.45, 2.75) is 32.1 Å². The summed E-state index contributed by atoms with van der Waals surface area (Å²) in [7, 11) is 0. The zero-order valence-electron chi connectivity index (χ0n) is 11.3. The van der Waals surface area contributed by atoms with E-state index in [0.29, 0.717) is 30.6 Å². The van der Waals surface area contributed by atoms with E-state index in [1.807, 2.05) is 0 Å². The van der Waals surface area contributed by atoms with Gasteiger partial charge in [-0.3, -0.25) is 4.79 Å². The van der Waals surface area contributed by atoms with E-state index >= 15 is 0 Å². The van der Waals surface area contributed by atoms with E-state index in [1.54, 1.807) is 11.8 Å². The number of hydrogen-bond acceptors (Lipinski definition) is 6. The zero-order valence-corrected chi connectivity index (χ0v) is 12.1. The Labute approximate surface area is 117 Å². The Morgan fingerprint density at radius 1 is 1.47 bits per heavy atom. The topological polar surface area (TPSA) is 80.0 Å². The normalized spacial score (nSPS) is 19.7. The van der Waals surface area contributed by atoms with Gasteiger partial charge in [-0.25, -0.2) is 0 Å². The van der Waals surface area contributed by atoms with E-state index in [-0.39, 0.29) is 11.9 Å². The first-order chi connectivity index (χ1) is 9.15. The lowest BCUT2D eigenvalue weighted by Gasteiger charge is -2.21. The largest absolute Gasteiger partial charge is 0.353 e. The maximum Gasteiger partial charge on any atom is 0.237 e. The number of carbonyl (C=O) groups excluding carboxylic acids is 1. The molecule has 2 N–H and O–H groups in total. The quantitative estimate of drug-likeness (QED) is 0.796. The van der Waals surface area contributed by atoms with E-state index < -0.39 is 0 Å². The second-order valence-corrected chi connectivity index (χ2v) is 6.05. The van der Waals surface area contributed by atoms with Crippen LogP contribution in [0.1, 0.15) is 25.6 Å². The van der Waals surface area contributed by atoms with Crippen LogP contribution in [-0.2, 0) is 17.0 Å². The first-order valence-electron chi connectivity index (χ1n) is 6.55. The highest BCUT2D eigenvalue weighted by Gasteiger charge is 2.24. The van der Waals surface area contributed by atoms with Crippen molar-refractivity contribution in [1.29, 1.82) is 0 Å². The summed E-state index contributed by atoms with van der Waals surface area (Å²) in [5.74, 6) is 3.72. The van der Waals surface area contributed by atoms with Crippen LogP contribution in [0.4, 0.5) is 0 Å². The van der Waals surface area contributed by atoms with Crippen LogP contribution in [0.15, 0.2) is 4.52 Å². The molecule has 0 aromatic carbocycles. The fourth-order valence-electron chi connectivity index (χ4n) is 1.81. The predicted octanol–water partition coefficient (Wildman–Crippen LogP) is 0.589. The van der Waals surface area contributed by atoms with Crippen molar-refractivity contribution in [2.75, 3.05) is 18.8 Å². The molecule has 1 amide bonds. The Morgan fingerprint density at radius 3 is 3.05 bits per heavy atom. The van der Waals surface area contributed by atoms with Crippen molar-refractivity contribution in [3.63, 3.8) is 0 Å². The molecule has 106 valence electrons. The minimum absolute atomic E-state index is 0.000169. The standard InChI is InChI=1S/C12H20N4O2S/c1-8(2)6-19-7-10-15-11(18-16-10)5-9-12(17)14-4-3-13-9/h8-9,13H,3-7H2,1-2H3,(H,14,17). The number of piperazine rings is 1. The summed E-state index contributed by atoms with van der Waals surface area (Å²) in [6, 6.07) is -0.259. The highest BCUT2D eigenvalue weighted by atomic mass is 32.2. The monoisotopic (exact) mass is 284 g/mol.